The molecule has 2 amide bonds. The number of terminal acetylenes is 1. The van der Waals surface area contributed by atoms with E-state index in [1.54, 1.807) is 6.08 Å². The van der Waals surface area contributed by atoms with Crippen LogP contribution in [0.3, 0.4) is 0 Å². The molecule has 0 radical (unpaired) electrons. The van der Waals surface area contributed by atoms with Crippen molar-refractivity contribution in [3.8, 4) is 12.3 Å². The van der Waals surface area contributed by atoms with E-state index in [1.165, 1.54) is 0 Å². The average molecular weight is 334 g/mol. The Morgan fingerprint density at radius 1 is 0.917 bits per heavy atom. The van der Waals surface area contributed by atoms with Gasteiger partial charge in [0, 0.05) is 58.8 Å². The number of likely N-dealkylation sites (N-methyl/N-ethyl adjacent to an activating group) is 2. The molecule has 2 aliphatic rings. The van der Waals surface area contributed by atoms with E-state index in [1.807, 2.05) is 9.80 Å². The summed E-state index contributed by atoms with van der Waals surface area (Å²) in [6.07, 6.45) is 7.44. The minimum Gasteiger partial charge on any atom is -0.340 e. The summed E-state index contributed by atoms with van der Waals surface area (Å²) in [6.45, 7) is 10.8. The monoisotopic (exact) mass is 334 g/mol. The van der Waals surface area contributed by atoms with Gasteiger partial charge in [-0.2, -0.15) is 0 Å². The number of rotatable bonds is 3. The highest BCUT2D eigenvalue weighted by molar-refractivity contribution is 5.78. The molecule has 6 heteroatoms. The van der Waals surface area contributed by atoms with Gasteiger partial charge in [-0.25, -0.2) is 0 Å². The maximum absolute atomic E-state index is 11.3. The van der Waals surface area contributed by atoms with E-state index in [9.17, 15) is 9.59 Å². The molecular formula is C18H30N4O2. The Hall–Kier alpha value is -1.84. The highest BCUT2D eigenvalue weighted by Gasteiger charge is 2.18. The minimum atomic E-state index is 0.0885. The highest BCUT2D eigenvalue weighted by Crippen LogP contribution is 2.02. The van der Waals surface area contributed by atoms with Crippen LogP contribution in [0, 0.1) is 12.3 Å². The fourth-order valence-corrected chi connectivity index (χ4v) is 2.56. The number of hydrogen-bond acceptors (Lipinski definition) is 4. The standard InChI is InChI=1S/C9H16N2O.C9H14N2O/c2*1-3-4-9(12)11-7-5-10(2)6-8-11/h3H,1,4-8H2,2H3;1H,4-8H2,2H3. The van der Waals surface area contributed by atoms with Gasteiger partial charge in [-0.1, -0.05) is 12.0 Å². The fourth-order valence-electron chi connectivity index (χ4n) is 2.56. The third-order valence-corrected chi connectivity index (χ3v) is 4.28. The molecule has 2 saturated heterocycles. The van der Waals surface area contributed by atoms with E-state index in [4.69, 9.17) is 6.42 Å². The van der Waals surface area contributed by atoms with E-state index in [2.05, 4.69) is 36.4 Å². The Morgan fingerprint density at radius 3 is 1.71 bits per heavy atom. The van der Waals surface area contributed by atoms with Crippen LogP contribution in [0.5, 0.6) is 0 Å². The van der Waals surface area contributed by atoms with Crippen LogP contribution in [0.4, 0.5) is 0 Å². The van der Waals surface area contributed by atoms with Crippen LogP contribution in [0.25, 0.3) is 0 Å². The molecule has 2 fully saturated rings. The normalized spacial score (nSPS) is 19.0. The van der Waals surface area contributed by atoms with Gasteiger partial charge in [0.05, 0.1) is 6.42 Å². The zero-order valence-corrected chi connectivity index (χ0v) is 15.0. The zero-order valence-electron chi connectivity index (χ0n) is 15.0. The summed E-state index contributed by atoms with van der Waals surface area (Å²) in [7, 11) is 4.14. The molecule has 0 aromatic rings. The van der Waals surface area contributed by atoms with Gasteiger partial charge in [0.2, 0.25) is 11.8 Å². The summed E-state index contributed by atoms with van der Waals surface area (Å²) in [4.78, 5) is 30.8. The predicted octanol–water partition coefficient (Wildman–Crippen LogP) is 0.120. The van der Waals surface area contributed by atoms with Crippen molar-refractivity contribution < 1.29 is 9.59 Å². The number of piperazine rings is 2. The third-order valence-electron chi connectivity index (χ3n) is 4.28. The molecule has 0 unspecified atom stereocenters. The Kier molecular flexibility index (Phi) is 9.13. The van der Waals surface area contributed by atoms with E-state index in [-0.39, 0.29) is 18.2 Å². The predicted molar refractivity (Wildman–Crippen MR) is 96.4 cm³/mol. The van der Waals surface area contributed by atoms with Crippen LogP contribution >= 0.6 is 0 Å². The van der Waals surface area contributed by atoms with E-state index in [0.29, 0.717) is 6.42 Å². The molecule has 0 aromatic carbocycles. The molecular weight excluding hydrogens is 304 g/mol. The minimum absolute atomic E-state index is 0.0885. The summed E-state index contributed by atoms with van der Waals surface area (Å²) in [5, 5.41) is 0. The van der Waals surface area contributed by atoms with Gasteiger partial charge in [0.1, 0.15) is 0 Å². The van der Waals surface area contributed by atoms with Gasteiger partial charge in [0.25, 0.3) is 0 Å². The highest BCUT2D eigenvalue weighted by atomic mass is 16.2. The first-order valence-electron chi connectivity index (χ1n) is 8.45. The molecule has 6 nitrogen and oxygen atoms in total. The van der Waals surface area contributed by atoms with Gasteiger partial charge >= 0.3 is 0 Å². The first-order chi connectivity index (χ1) is 11.5. The summed E-state index contributed by atoms with van der Waals surface area (Å²) < 4.78 is 0. The van der Waals surface area contributed by atoms with Crippen LogP contribution in [0.2, 0.25) is 0 Å². The van der Waals surface area contributed by atoms with Gasteiger partial charge in [-0.3, -0.25) is 9.59 Å². The molecule has 0 aromatic heterocycles. The fraction of sp³-hybridized carbons (Fsp3) is 0.667. The Labute approximate surface area is 146 Å². The van der Waals surface area contributed by atoms with Crippen molar-refractivity contribution in [1.82, 2.24) is 19.6 Å². The van der Waals surface area contributed by atoms with Crippen molar-refractivity contribution in [1.29, 1.82) is 0 Å². The molecule has 2 aliphatic heterocycles. The second-order valence-corrected chi connectivity index (χ2v) is 6.24. The summed E-state index contributed by atoms with van der Waals surface area (Å²) >= 11 is 0. The SMILES string of the molecule is C#CCC(=O)N1CCN(C)CC1.C=CCC(=O)N1CCN(C)CC1. The average Bonchev–Trinajstić information content (AvgIpc) is 2.57. The number of nitrogens with zero attached hydrogens (tertiary/aromatic N) is 4. The zero-order chi connectivity index (χ0) is 17.9. The largest absolute Gasteiger partial charge is 0.340 e. The number of carbonyl (C=O) groups is 2. The lowest BCUT2D eigenvalue weighted by molar-refractivity contribution is -0.132. The third kappa shape index (κ3) is 7.16. The molecule has 0 saturated carbocycles. The molecule has 134 valence electrons. The Morgan fingerprint density at radius 2 is 1.33 bits per heavy atom. The molecule has 0 atom stereocenters. The lowest BCUT2D eigenvalue weighted by atomic mass is 10.3. The molecule has 0 spiro atoms. The summed E-state index contributed by atoms with van der Waals surface area (Å²) in [6, 6.07) is 0. The topological polar surface area (TPSA) is 47.1 Å². The maximum atomic E-state index is 11.3. The first kappa shape index (κ1) is 20.2. The molecule has 2 rings (SSSR count). The van der Waals surface area contributed by atoms with E-state index >= 15 is 0 Å². The van der Waals surface area contributed by atoms with Crippen molar-refractivity contribution in [2.24, 2.45) is 0 Å². The molecule has 0 bridgehead atoms. The van der Waals surface area contributed by atoms with Gasteiger partial charge < -0.3 is 19.6 Å². The Bertz CT molecular complexity index is 456. The lowest BCUT2D eigenvalue weighted by Gasteiger charge is -2.32. The summed E-state index contributed by atoms with van der Waals surface area (Å²) in [5.41, 5.74) is 0. The number of carbonyl (C=O) groups excluding carboxylic acids is 2. The molecule has 0 aliphatic carbocycles. The van der Waals surface area contributed by atoms with Gasteiger partial charge in [-0.15, -0.1) is 13.0 Å². The van der Waals surface area contributed by atoms with Crippen molar-refractivity contribution in [2.45, 2.75) is 12.8 Å². The van der Waals surface area contributed by atoms with E-state index in [0.717, 1.165) is 52.4 Å². The van der Waals surface area contributed by atoms with Crippen LogP contribution < -0.4 is 0 Å². The van der Waals surface area contributed by atoms with Crippen LogP contribution in [-0.4, -0.2) is 97.9 Å². The van der Waals surface area contributed by atoms with Crippen molar-refractivity contribution in [3.63, 3.8) is 0 Å². The number of hydrogen-bond donors (Lipinski definition) is 0. The van der Waals surface area contributed by atoms with Crippen LogP contribution in [0.1, 0.15) is 12.8 Å². The Balaban J connectivity index is 0.000000240. The van der Waals surface area contributed by atoms with Crippen molar-refractivity contribution in [2.75, 3.05) is 66.5 Å². The maximum Gasteiger partial charge on any atom is 0.234 e. The number of amides is 2. The smallest absolute Gasteiger partial charge is 0.234 e. The molecule has 2 heterocycles. The summed E-state index contributed by atoms with van der Waals surface area (Å²) in [5.74, 6) is 2.67. The van der Waals surface area contributed by atoms with Crippen LogP contribution in [0.15, 0.2) is 12.7 Å². The quantitative estimate of drug-likeness (QED) is 0.543. The lowest BCUT2D eigenvalue weighted by Crippen LogP contribution is -2.46. The second kappa shape index (κ2) is 10.8. The van der Waals surface area contributed by atoms with Gasteiger partial charge in [-0.05, 0) is 14.1 Å². The second-order valence-electron chi connectivity index (χ2n) is 6.24. The van der Waals surface area contributed by atoms with Crippen molar-refractivity contribution >= 4 is 11.8 Å². The first-order valence-corrected chi connectivity index (χ1v) is 8.45. The van der Waals surface area contributed by atoms with E-state index < -0.39 is 0 Å². The molecule has 0 N–H and O–H groups in total. The van der Waals surface area contributed by atoms with Crippen LogP contribution in [-0.2, 0) is 9.59 Å². The van der Waals surface area contributed by atoms with Gasteiger partial charge in [0.15, 0.2) is 0 Å². The van der Waals surface area contributed by atoms with Crippen molar-refractivity contribution in [3.05, 3.63) is 12.7 Å². The molecule has 24 heavy (non-hydrogen) atoms.